The van der Waals surface area contributed by atoms with Crippen molar-refractivity contribution in [3.63, 3.8) is 0 Å². The number of nitrogens with two attached hydrogens (primary N) is 1. The van der Waals surface area contributed by atoms with Gasteiger partial charge in [-0.2, -0.15) is 0 Å². The molecule has 118 valence electrons. The van der Waals surface area contributed by atoms with Crippen LogP contribution in [0.3, 0.4) is 0 Å². The molecule has 1 aromatic rings. The van der Waals surface area contributed by atoms with Crippen molar-refractivity contribution in [2.45, 2.75) is 64.7 Å². The van der Waals surface area contributed by atoms with E-state index in [2.05, 4.69) is 48.3 Å². The predicted octanol–water partition coefficient (Wildman–Crippen LogP) is 2.89. The first-order valence-corrected chi connectivity index (χ1v) is 8.51. The Balaban J connectivity index is 1.93. The minimum atomic E-state index is 0.391. The van der Waals surface area contributed by atoms with E-state index in [0.717, 1.165) is 32.6 Å². The average molecular weight is 289 g/mol. The molecule has 0 aliphatic heterocycles. The van der Waals surface area contributed by atoms with Gasteiger partial charge in [0, 0.05) is 25.2 Å². The number of nitrogens with zero attached hydrogens (tertiary/aromatic N) is 1. The highest BCUT2D eigenvalue weighted by molar-refractivity contribution is 5.27. The number of benzene rings is 1. The summed E-state index contributed by atoms with van der Waals surface area (Å²) in [4.78, 5) is 2.47. The zero-order valence-corrected chi connectivity index (χ0v) is 13.6. The number of rotatable bonds is 7. The fourth-order valence-electron chi connectivity index (χ4n) is 3.24. The van der Waals surface area contributed by atoms with Crippen LogP contribution in [0.5, 0.6) is 0 Å². The Bertz CT molecular complexity index is 415. The molecule has 0 heterocycles. The normalized spacial score (nSPS) is 22.7. The van der Waals surface area contributed by atoms with Crippen LogP contribution < -0.4 is 11.1 Å². The molecule has 2 unspecified atom stereocenters. The number of hydrogen-bond donors (Lipinski definition) is 2. The van der Waals surface area contributed by atoms with E-state index in [1.54, 1.807) is 0 Å². The van der Waals surface area contributed by atoms with Crippen molar-refractivity contribution in [1.82, 2.24) is 10.2 Å². The van der Waals surface area contributed by atoms with Gasteiger partial charge in [-0.3, -0.25) is 4.90 Å². The van der Waals surface area contributed by atoms with Crippen LogP contribution in [0.2, 0.25) is 0 Å². The van der Waals surface area contributed by atoms with Crippen LogP contribution in [0.25, 0.3) is 0 Å². The van der Waals surface area contributed by atoms with Crippen LogP contribution in [0, 0.1) is 0 Å². The molecule has 3 N–H and O–H groups in total. The van der Waals surface area contributed by atoms with Crippen molar-refractivity contribution in [3.8, 4) is 0 Å². The first kappa shape index (κ1) is 16.5. The Morgan fingerprint density at radius 1 is 1.14 bits per heavy atom. The first-order chi connectivity index (χ1) is 10.2. The van der Waals surface area contributed by atoms with Gasteiger partial charge < -0.3 is 11.1 Å². The van der Waals surface area contributed by atoms with Crippen molar-refractivity contribution >= 4 is 0 Å². The van der Waals surface area contributed by atoms with E-state index < -0.39 is 0 Å². The third-order valence-corrected chi connectivity index (χ3v) is 4.70. The third-order valence-electron chi connectivity index (χ3n) is 4.70. The summed E-state index contributed by atoms with van der Waals surface area (Å²) in [6.07, 6.45) is 4.85. The zero-order chi connectivity index (χ0) is 15.1. The quantitative estimate of drug-likeness (QED) is 0.811. The van der Waals surface area contributed by atoms with E-state index in [-0.39, 0.29) is 0 Å². The van der Waals surface area contributed by atoms with Crippen molar-refractivity contribution in [2.75, 3.05) is 13.1 Å². The van der Waals surface area contributed by atoms with Gasteiger partial charge in [-0.05, 0) is 43.5 Å². The van der Waals surface area contributed by atoms with Crippen LogP contribution in [0.4, 0.5) is 0 Å². The van der Waals surface area contributed by atoms with Gasteiger partial charge in [-0.1, -0.05) is 44.5 Å². The van der Waals surface area contributed by atoms with Crippen LogP contribution in [0.1, 0.15) is 50.7 Å². The molecule has 0 radical (unpaired) electrons. The second kappa shape index (κ2) is 8.52. The minimum absolute atomic E-state index is 0.391. The van der Waals surface area contributed by atoms with Gasteiger partial charge in [-0.15, -0.1) is 0 Å². The summed E-state index contributed by atoms with van der Waals surface area (Å²) >= 11 is 0. The van der Waals surface area contributed by atoms with Gasteiger partial charge in [0.25, 0.3) is 0 Å². The van der Waals surface area contributed by atoms with Crippen molar-refractivity contribution < 1.29 is 0 Å². The summed E-state index contributed by atoms with van der Waals surface area (Å²) < 4.78 is 0. The first-order valence-electron chi connectivity index (χ1n) is 8.51. The molecule has 2 rings (SSSR count). The Labute approximate surface area is 129 Å². The standard InChI is InChI=1S/C18H31N3/c1-3-21(4-2)14-16-9-6-5-8-15(16)13-20-18-11-7-10-17(19)12-18/h5-6,8-9,17-18,20H,3-4,7,10-14,19H2,1-2H3. The Kier molecular flexibility index (Phi) is 6.68. The highest BCUT2D eigenvalue weighted by Gasteiger charge is 2.18. The number of hydrogen-bond acceptors (Lipinski definition) is 3. The van der Waals surface area contributed by atoms with Crippen LogP contribution in [-0.2, 0) is 13.1 Å². The van der Waals surface area contributed by atoms with E-state index >= 15 is 0 Å². The SMILES string of the molecule is CCN(CC)Cc1ccccc1CNC1CCCC(N)C1. The summed E-state index contributed by atoms with van der Waals surface area (Å²) in [7, 11) is 0. The largest absolute Gasteiger partial charge is 0.328 e. The van der Waals surface area contributed by atoms with Gasteiger partial charge in [-0.25, -0.2) is 0 Å². The molecular formula is C18H31N3. The minimum Gasteiger partial charge on any atom is -0.328 e. The van der Waals surface area contributed by atoms with Gasteiger partial charge in [0.2, 0.25) is 0 Å². The van der Waals surface area contributed by atoms with Crippen molar-refractivity contribution in [3.05, 3.63) is 35.4 Å². The lowest BCUT2D eigenvalue weighted by Crippen LogP contribution is -2.39. The highest BCUT2D eigenvalue weighted by Crippen LogP contribution is 2.18. The molecule has 1 aliphatic rings. The number of nitrogens with one attached hydrogen (secondary N) is 1. The lowest BCUT2D eigenvalue weighted by atomic mass is 9.91. The fraction of sp³-hybridized carbons (Fsp3) is 0.667. The molecule has 1 aromatic carbocycles. The van der Waals surface area contributed by atoms with Crippen molar-refractivity contribution in [1.29, 1.82) is 0 Å². The van der Waals surface area contributed by atoms with Crippen molar-refractivity contribution in [2.24, 2.45) is 5.73 Å². The molecule has 3 heteroatoms. The Hall–Kier alpha value is -0.900. The molecule has 21 heavy (non-hydrogen) atoms. The molecule has 3 nitrogen and oxygen atoms in total. The summed E-state index contributed by atoms with van der Waals surface area (Å²) in [6.45, 7) is 8.69. The van der Waals surface area contributed by atoms with Gasteiger partial charge in [0.05, 0.1) is 0 Å². The Morgan fingerprint density at radius 2 is 1.86 bits per heavy atom. The molecular weight excluding hydrogens is 258 g/mol. The van der Waals surface area contributed by atoms with E-state index in [0.29, 0.717) is 12.1 Å². The summed E-state index contributed by atoms with van der Waals surface area (Å²) in [5, 5.41) is 3.72. The fourth-order valence-corrected chi connectivity index (χ4v) is 3.24. The third kappa shape index (κ3) is 5.10. The lowest BCUT2D eigenvalue weighted by Gasteiger charge is -2.28. The highest BCUT2D eigenvalue weighted by atomic mass is 15.1. The lowest BCUT2D eigenvalue weighted by molar-refractivity contribution is 0.293. The molecule has 1 saturated carbocycles. The molecule has 2 atom stereocenters. The van der Waals surface area contributed by atoms with E-state index in [9.17, 15) is 0 Å². The molecule has 1 fully saturated rings. The summed E-state index contributed by atoms with van der Waals surface area (Å²) in [5.74, 6) is 0. The van der Waals surface area contributed by atoms with E-state index in [1.807, 2.05) is 0 Å². The average Bonchev–Trinajstić information content (AvgIpc) is 2.51. The van der Waals surface area contributed by atoms with Crippen LogP contribution in [-0.4, -0.2) is 30.1 Å². The monoisotopic (exact) mass is 289 g/mol. The smallest absolute Gasteiger partial charge is 0.0236 e. The molecule has 0 spiro atoms. The molecule has 0 aromatic heterocycles. The maximum absolute atomic E-state index is 6.08. The Morgan fingerprint density at radius 3 is 2.52 bits per heavy atom. The van der Waals surface area contributed by atoms with E-state index in [4.69, 9.17) is 5.73 Å². The van der Waals surface area contributed by atoms with Crippen LogP contribution >= 0.6 is 0 Å². The van der Waals surface area contributed by atoms with Gasteiger partial charge in [0.15, 0.2) is 0 Å². The second-order valence-electron chi connectivity index (χ2n) is 6.23. The van der Waals surface area contributed by atoms with Gasteiger partial charge >= 0.3 is 0 Å². The van der Waals surface area contributed by atoms with E-state index in [1.165, 1.54) is 30.4 Å². The molecule has 0 bridgehead atoms. The molecule has 0 saturated heterocycles. The second-order valence-corrected chi connectivity index (χ2v) is 6.23. The molecule has 0 amide bonds. The maximum atomic E-state index is 6.08. The zero-order valence-electron chi connectivity index (χ0n) is 13.6. The summed E-state index contributed by atoms with van der Waals surface area (Å²) in [6, 6.07) is 9.81. The molecule has 1 aliphatic carbocycles. The van der Waals surface area contributed by atoms with Gasteiger partial charge in [0.1, 0.15) is 0 Å². The maximum Gasteiger partial charge on any atom is 0.0236 e. The summed E-state index contributed by atoms with van der Waals surface area (Å²) in [5.41, 5.74) is 8.97. The topological polar surface area (TPSA) is 41.3 Å². The predicted molar refractivity (Wildman–Crippen MR) is 90.1 cm³/mol. The van der Waals surface area contributed by atoms with Crippen LogP contribution in [0.15, 0.2) is 24.3 Å².